The van der Waals surface area contributed by atoms with Gasteiger partial charge < -0.3 is 10.5 Å². The van der Waals surface area contributed by atoms with E-state index in [4.69, 9.17) is 10.5 Å². The predicted octanol–water partition coefficient (Wildman–Crippen LogP) is 2.14. The zero-order valence-corrected chi connectivity index (χ0v) is 13.9. The Balaban J connectivity index is 2.21. The van der Waals surface area contributed by atoms with E-state index in [1.54, 1.807) is 6.92 Å². The fourth-order valence-corrected chi connectivity index (χ4v) is 3.71. The van der Waals surface area contributed by atoms with E-state index in [-0.39, 0.29) is 16.8 Å². The molecule has 0 spiro atoms. The Morgan fingerprint density at radius 2 is 2.26 bits per heavy atom. The molecule has 1 aliphatic rings. The minimum atomic E-state index is -0.625. The molecular weight excluding hydrogens is 324 g/mol. The summed E-state index contributed by atoms with van der Waals surface area (Å²) in [5.74, 6) is -1.28. The molecule has 1 amide bonds. The summed E-state index contributed by atoms with van der Waals surface area (Å²) in [4.78, 5) is 12.4. The fourth-order valence-electron chi connectivity index (χ4n) is 2.31. The Morgan fingerprint density at radius 1 is 1.52 bits per heavy atom. The summed E-state index contributed by atoms with van der Waals surface area (Å²) in [7, 11) is 1.45. The number of ether oxygens (including phenoxy) is 1. The molecule has 5 nitrogen and oxygen atoms in total. The van der Waals surface area contributed by atoms with Crippen LogP contribution in [-0.4, -0.2) is 36.0 Å². The molecule has 1 aromatic rings. The van der Waals surface area contributed by atoms with Crippen LogP contribution in [0.4, 0.5) is 8.78 Å². The number of rotatable bonds is 6. The second kappa shape index (κ2) is 8.05. The van der Waals surface area contributed by atoms with E-state index in [0.29, 0.717) is 13.0 Å². The van der Waals surface area contributed by atoms with Gasteiger partial charge in [0.25, 0.3) is 5.91 Å². The Bertz CT molecular complexity index is 562. The number of nitrogens with zero attached hydrogens (tertiary/aromatic N) is 1. The van der Waals surface area contributed by atoms with Crippen LogP contribution in [0.25, 0.3) is 0 Å². The maximum atomic E-state index is 14.0. The Kier molecular flexibility index (Phi) is 6.34. The minimum Gasteiger partial charge on any atom is -0.372 e. The summed E-state index contributed by atoms with van der Waals surface area (Å²) in [6.45, 7) is 2.14. The van der Waals surface area contributed by atoms with Crippen molar-refractivity contribution in [3.63, 3.8) is 0 Å². The lowest BCUT2D eigenvalue weighted by Gasteiger charge is -2.25. The molecule has 0 aromatic heterocycles. The molecule has 1 saturated heterocycles. The number of methoxy groups -OCH3 is 1. The van der Waals surface area contributed by atoms with Crippen LogP contribution >= 0.6 is 11.8 Å². The second-order valence-corrected chi connectivity index (χ2v) is 6.57. The van der Waals surface area contributed by atoms with Crippen molar-refractivity contribution in [1.82, 2.24) is 10.4 Å². The third kappa shape index (κ3) is 4.20. The number of thioether (sulfide) groups is 1. The largest absolute Gasteiger partial charge is 0.372 e. The van der Waals surface area contributed by atoms with Gasteiger partial charge in [-0.2, -0.15) is 0 Å². The van der Waals surface area contributed by atoms with E-state index >= 15 is 0 Å². The van der Waals surface area contributed by atoms with Crippen LogP contribution in [-0.2, 0) is 9.53 Å². The number of hydrogen-bond acceptors (Lipinski definition) is 5. The van der Waals surface area contributed by atoms with Crippen molar-refractivity contribution in [3.05, 3.63) is 35.4 Å². The Labute approximate surface area is 138 Å². The highest BCUT2D eigenvalue weighted by atomic mass is 32.2. The summed E-state index contributed by atoms with van der Waals surface area (Å²) >= 11 is 1.37. The molecule has 2 rings (SSSR count). The average molecular weight is 345 g/mol. The third-order valence-corrected chi connectivity index (χ3v) is 5.06. The molecule has 1 aliphatic heterocycles. The van der Waals surface area contributed by atoms with E-state index in [2.05, 4.69) is 5.43 Å². The molecular formula is C15H21F2N3O2S. The Morgan fingerprint density at radius 3 is 2.91 bits per heavy atom. The molecule has 3 atom stereocenters. The van der Waals surface area contributed by atoms with Crippen molar-refractivity contribution in [1.29, 1.82) is 0 Å². The van der Waals surface area contributed by atoms with Gasteiger partial charge in [-0.25, -0.2) is 14.2 Å². The van der Waals surface area contributed by atoms with E-state index in [1.807, 2.05) is 0 Å². The van der Waals surface area contributed by atoms with Gasteiger partial charge in [-0.15, -0.1) is 11.8 Å². The van der Waals surface area contributed by atoms with Crippen molar-refractivity contribution in [3.8, 4) is 0 Å². The van der Waals surface area contributed by atoms with Crippen LogP contribution in [0.3, 0.4) is 0 Å². The first-order valence-corrected chi connectivity index (χ1v) is 8.34. The first kappa shape index (κ1) is 18.1. The van der Waals surface area contributed by atoms with Gasteiger partial charge in [-0.05, 0) is 44.5 Å². The monoisotopic (exact) mass is 345 g/mol. The molecule has 3 unspecified atom stereocenters. The number of carbonyl (C=O) groups is 1. The molecule has 1 fully saturated rings. The summed E-state index contributed by atoms with van der Waals surface area (Å²) in [5.41, 5.74) is 8.69. The number of amides is 1. The van der Waals surface area contributed by atoms with Crippen LogP contribution in [0, 0.1) is 11.6 Å². The van der Waals surface area contributed by atoms with Gasteiger partial charge >= 0.3 is 0 Å². The topological polar surface area (TPSA) is 67.6 Å². The van der Waals surface area contributed by atoms with Crippen molar-refractivity contribution < 1.29 is 18.3 Å². The van der Waals surface area contributed by atoms with Gasteiger partial charge in [-0.1, -0.05) is 0 Å². The normalized spacial score (nSPS) is 22.4. The van der Waals surface area contributed by atoms with Crippen molar-refractivity contribution in [2.75, 3.05) is 13.7 Å². The number of benzene rings is 1. The highest BCUT2D eigenvalue weighted by Gasteiger charge is 2.38. The lowest BCUT2D eigenvalue weighted by molar-refractivity contribution is -0.144. The zero-order valence-electron chi connectivity index (χ0n) is 13.1. The number of hydrazine groups is 1. The van der Waals surface area contributed by atoms with Gasteiger partial charge in [0.05, 0.1) is 5.37 Å². The number of halogens is 2. The smallest absolute Gasteiger partial charge is 0.266 e. The fraction of sp³-hybridized carbons (Fsp3) is 0.533. The van der Waals surface area contributed by atoms with Gasteiger partial charge in [0.2, 0.25) is 0 Å². The summed E-state index contributed by atoms with van der Waals surface area (Å²) in [6, 6.07) is 3.30. The first-order valence-electron chi connectivity index (χ1n) is 7.40. The van der Waals surface area contributed by atoms with Gasteiger partial charge in [0, 0.05) is 12.7 Å². The van der Waals surface area contributed by atoms with Gasteiger partial charge in [0.15, 0.2) is 0 Å². The molecule has 0 aliphatic carbocycles. The van der Waals surface area contributed by atoms with Crippen LogP contribution < -0.4 is 11.2 Å². The predicted molar refractivity (Wildman–Crippen MR) is 85.2 cm³/mol. The summed E-state index contributed by atoms with van der Waals surface area (Å²) in [6.07, 6.45) is 0.756. The van der Waals surface area contributed by atoms with Gasteiger partial charge in [0.1, 0.15) is 23.1 Å². The summed E-state index contributed by atoms with van der Waals surface area (Å²) < 4.78 is 32.5. The molecule has 0 bridgehead atoms. The summed E-state index contributed by atoms with van der Waals surface area (Å²) in [5, 5.41) is 0.696. The maximum absolute atomic E-state index is 14.0. The number of nitrogens with two attached hydrogens (primary N) is 1. The van der Waals surface area contributed by atoms with Crippen LogP contribution in [0.5, 0.6) is 0 Å². The van der Waals surface area contributed by atoms with E-state index in [9.17, 15) is 13.6 Å². The highest BCUT2D eigenvalue weighted by Crippen LogP contribution is 2.40. The molecule has 0 radical (unpaired) electrons. The number of nitrogens with one attached hydrogen (secondary N) is 1. The van der Waals surface area contributed by atoms with E-state index < -0.39 is 23.1 Å². The molecule has 128 valence electrons. The molecule has 3 N–H and O–H groups in total. The lowest BCUT2D eigenvalue weighted by Crippen LogP contribution is -2.47. The molecule has 8 heteroatoms. The third-order valence-electron chi connectivity index (χ3n) is 3.67. The lowest BCUT2D eigenvalue weighted by atomic mass is 10.2. The Hall–Kier alpha value is -1.22. The average Bonchev–Trinajstić information content (AvgIpc) is 2.97. The second-order valence-electron chi connectivity index (χ2n) is 5.28. The number of carbonyl (C=O) groups excluding carboxylic acids is 1. The molecule has 1 heterocycles. The van der Waals surface area contributed by atoms with Crippen LogP contribution in [0.2, 0.25) is 0 Å². The van der Waals surface area contributed by atoms with Crippen molar-refractivity contribution in [2.24, 2.45) is 5.73 Å². The zero-order chi connectivity index (χ0) is 17.0. The van der Waals surface area contributed by atoms with Gasteiger partial charge in [-0.3, -0.25) is 9.80 Å². The first-order chi connectivity index (χ1) is 11.0. The molecule has 1 aromatic carbocycles. The quantitative estimate of drug-likeness (QED) is 0.827. The number of hydrogen-bond donors (Lipinski definition) is 2. The minimum absolute atomic E-state index is 0.188. The van der Waals surface area contributed by atoms with E-state index in [0.717, 1.165) is 24.6 Å². The van der Waals surface area contributed by atoms with Crippen molar-refractivity contribution >= 4 is 17.7 Å². The van der Waals surface area contributed by atoms with E-state index in [1.165, 1.54) is 23.9 Å². The van der Waals surface area contributed by atoms with Crippen molar-refractivity contribution in [2.45, 2.75) is 36.6 Å². The highest BCUT2D eigenvalue weighted by molar-refractivity contribution is 8.00. The maximum Gasteiger partial charge on any atom is 0.266 e. The SMILES string of the molecule is COC(C)C(=O)N1NC(c2cc(F)ccc2F)SC1CCCN. The van der Waals surface area contributed by atoms with Crippen LogP contribution in [0.15, 0.2) is 18.2 Å². The molecule has 23 heavy (non-hydrogen) atoms. The molecule has 0 saturated carbocycles. The standard InChI is InChI=1S/C15H21F2N3O2S/c1-9(22-2)15(21)20-13(4-3-7-18)23-14(19-20)11-8-10(16)5-6-12(11)17/h5-6,8-9,13-14,19H,3-4,7,18H2,1-2H3. The van der Waals surface area contributed by atoms with Crippen LogP contribution in [0.1, 0.15) is 30.7 Å².